The molecule has 6 nitrogen and oxygen atoms in total. The Bertz CT molecular complexity index is 940. The third-order valence-electron chi connectivity index (χ3n) is 7.31. The van der Waals surface area contributed by atoms with Crippen molar-refractivity contribution in [2.75, 3.05) is 13.2 Å². The Labute approximate surface area is 196 Å². The van der Waals surface area contributed by atoms with Gasteiger partial charge >= 0.3 is 0 Å². The van der Waals surface area contributed by atoms with Crippen LogP contribution in [0.1, 0.15) is 70.1 Å². The lowest BCUT2D eigenvalue weighted by atomic mass is 9.67. The van der Waals surface area contributed by atoms with E-state index in [9.17, 15) is 9.59 Å². The van der Waals surface area contributed by atoms with Gasteiger partial charge in [-0.15, -0.1) is 0 Å². The molecule has 0 saturated carbocycles. The fourth-order valence-corrected chi connectivity index (χ4v) is 5.68. The highest BCUT2D eigenvalue weighted by atomic mass is 16.5. The summed E-state index contributed by atoms with van der Waals surface area (Å²) < 4.78 is 11.5. The number of amides is 2. The summed E-state index contributed by atoms with van der Waals surface area (Å²) in [6.07, 6.45) is 7.24. The largest absolute Gasteiger partial charge is 0.469 e. The summed E-state index contributed by atoms with van der Waals surface area (Å²) >= 11 is 0. The van der Waals surface area contributed by atoms with E-state index in [0.29, 0.717) is 32.2 Å². The molecule has 2 saturated heterocycles. The molecule has 4 rings (SSSR count). The molecule has 2 atom stereocenters. The molecule has 1 aromatic heterocycles. The van der Waals surface area contributed by atoms with Gasteiger partial charge in [0.2, 0.25) is 11.8 Å². The minimum atomic E-state index is -0.401. The molecule has 0 bridgehead atoms. The molecule has 1 aromatic carbocycles. The van der Waals surface area contributed by atoms with Gasteiger partial charge in [0.25, 0.3) is 0 Å². The summed E-state index contributed by atoms with van der Waals surface area (Å²) in [6, 6.07) is 14.4. The zero-order valence-corrected chi connectivity index (χ0v) is 19.8. The molecule has 0 unspecified atom stereocenters. The third kappa shape index (κ3) is 5.85. The van der Waals surface area contributed by atoms with Gasteiger partial charge in [-0.1, -0.05) is 30.3 Å². The summed E-state index contributed by atoms with van der Waals surface area (Å²) in [5, 5.41) is 6.26. The summed E-state index contributed by atoms with van der Waals surface area (Å²) in [5.74, 6) is 0.919. The molecule has 0 spiro atoms. The maximum absolute atomic E-state index is 12.8. The average Bonchev–Trinajstić information content (AvgIpc) is 3.42. The van der Waals surface area contributed by atoms with Crippen LogP contribution >= 0.6 is 0 Å². The van der Waals surface area contributed by atoms with Gasteiger partial charge < -0.3 is 19.8 Å². The minimum absolute atomic E-state index is 0.00374. The van der Waals surface area contributed by atoms with Crippen LogP contribution in [0.3, 0.4) is 0 Å². The zero-order valence-electron chi connectivity index (χ0n) is 19.8. The smallest absolute Gasteiger partial charge is 0.220 e. The lowest BCUT2D eigenvalue weighted by Crippen LogP contribution is -2.46. The van der Waals surface area contributed by atoms with Crippen LogP contribution < -0.4 is 10.6 Å². The van der Waals surface area contributed by atoms with Crippen molar-refractivity contribution < 1.29 is 18.7 Å². The molecule has 6 heteroatoms. The maximum atomic E-state index is 12.8. The van der Waals surface area contributed by atoms with Crippen molar-refractivity contribution in [2.45, 2.75) is 81.8 Å². The Balaban J connectivity index is 1.34. The van der Waals surface area contributed by atoms with E-state index < -0.39 is 5.54 Å². The van der Waals surface area contributed by atoms with E-state index in [0.717, 1.165) is 38.1 Å². The Hall–Kier alpha value is -2.60. The number of rotatable bonds is 9. The predicted molar refractivity (Wildman–Crippen MR) is 127 cm³/mol. The van der Waals surface area contributed by atoms with Gasteiger partial charge in [0.05, 0.1) is 11.9 Å². The highest BCUT2D eigenvalue weighted by Gasteiger charge is 2.42. The molecule has 2 fully saturated rings. The lowest BCUT2D eigenvalue weighted by molar-refractivity contribution is -0.123. The van der Waals surface area contributed by atoms with Gasteiger partial charge in [0.1, 0.15) is 5.76 Å². The number of hydrogen-bond acceptors (Lipinski definition) is 4. The van der Waals surface area contributed by atoms with Crippen LogP contribution in [0.2, 0.25) is 0 Å². The fraction of sp³-hybridized carbons (Fsp3) is 0.556. The number of furan rings is 1. The maximum Gasteiger partial charge on any atom is 0.220 e. The van der Waals surface area contributed by atoms with Crippen molar-refractivity contribution in [3.63, 3.8) is 0 Å². The first-order valence-electron chi connectivity index (χ1n) is 12.1. The van der Waals surface area contributed by atoms with Crippen LogP contribution in [0.15, 0.2) is 53.1 Å². The molecule has 2 aliphatic rings. The zero-order chi connectivity index (χ0) is 23.4. The SMILES string of the molecule is CC1(C)C[C@](CCNC(=O)CC[C@@]2(Cc3ccco3)CCC(=O)N2)(c2ccccc2)CCO1. The molecule has 33 heavy (non-hydrogen) atoms. The monoisotopic (exact) mass is 452 g/mol. The number of hydrogen-bond donors (Lipinski definition) is 2. The van der Waals surface area contributed by atoms with Crippen LogP contribution in [-0.2, 0) is 26.2 Å². The van der Waals surface area contributed by atoms with Crippen molar-refractivity contribution in [3.05, 3.63) is 60.1 Å². The Kier molecular flexibility index (Phi) is 6.94. The van der Waals surface area contributed by atoms with E-state index >= 15 is 0 Å². The standard InChI is InChI=1S/C27H36N2O4/c1-25(2)20-26(15-18-33-25,21-7-4-3-5-8-21)14-16-28-23(30)10-12-27(13-11-24(31)29-27)19-22-9-6-17-32-22/h3-9,17H,10-16,18-20H2,1-2H3,(H,28,30)(H,29,31)/t26-,27+/m1/s1. The molecule has 2 amide bonds. The van der Waals surface area contributed by atoms with Gasteiger partial charge in [0.15, 0.2) is 0 Å². The molecular formula is C27H36N2O4. The van der Waals surface area contributed by atoms with E-state index in [2.05, 4.69) is 48.7 Å². The highest BCUT2D eigenvalue weighted by Crippen LogP contribution is 2.43. The van der Waals surface area contributed by atoms with E-state index in [1.165, 1.54) is 5.56 Å². The first-order chi connectivity index (χ1) is 15.8. The van der Waals surface area contributed by atoms with E-state index in [1.54, 1.807) is 6.26 Å². The summed E-state index contributed by atoms with van der Waals surface area (Å²) in [5.41, 5.74) is 0.733. The normalized spacial score (nSPS) is 26.7. The van der Waals surface area contributed by atoms with Crippen molar-refractivity contribution in [2.24, 2.45) is 0 Å². The highest BCUT2D eigenvalue weighted by molar-refractivity contribution is 5.80. The van der Waals surface area contributed by atoms with Gasteiger partial charge in [0, 0.05) is 43.4 Å². The first-order valence-corrected chi connectivity index (χ1v) is 12.1. The van der Waals surface area contributed by atoms with Crippen LogP contribution in [0.5, 0.6) is 0 Å². The molecule has 178 valence electrons. The van der Waals surface area contributed by atoms with Gasteiger partial charge in [-0.3, -0.25) is 9.59 Å². The topological polar surface area (TPSA) is 80.6 Å². The number of carbonyl (C=O) groups excluding carboxylic acids is 2. The van der Waals surface area contributed by atoms with Crippen molar-refractivity contribution in [1.82, 2.24) is 10.6 Å². The molecule has 0 radical (unpaired) electrons. The second-order valence-electron chi connectivity index (χ2n) is 10.4. The van der Waals surface area contributed by atoms with Crippen molar-refractivity contribution in [3.8, 4) is 0 Å². The molecule has 2 aromatic rings. The first kappa shape index (κ1) is 23.6. The van der Waals surface area contributed by atoms with Crippen LogP contribution in [0.4, 0.5) is 0 Å². The van der Waals surface area contributed by atoms with Crippen LogP contribution in [0, 0.1) is 0 Å². The molecule has 2 aliphatic heterocycles. The molecule has 3 heterocycles. The minimum Gasteiger partial charge on any atom is -0.469 e. The summed E-state index contributed by atoms with van der Waals surface area (Å²) in [7, 11) is 0. The van der Waals surface area contributed by atoms with Crippen molar-refractivity contribution in [1.29, 1.82) is 0 Å². The average molecular weight is 453 g/mol. The van der Waals surface area contributed by atoms with Crippen LogP contribution in [-0.4, -0.2) is 36.1 Å². The summed E-state index contributed by atoms with van der Waals surface area (Å²) in [6.45, 7) is 5.65. The Morgan fingerprint density at radius 2 is 1.91 bits per heavy atom. The van der Waals surface area contributed by atoms with E-state index in [-0.39, 0.29) is 22.8 Å². The van der Waals surface area contributed by atoms with E-state index in [4.69, 9.17) is 9.15 Å². The lowest BCUT2D eigenvalue weighted by Gasteiger charge is -2.45. The second kappa shape index (κ2) is 9.72. The van der Waals surface area contributed by atoms with Gasteiger partial charge in [-0.2, -0.15) is 0 Å². The quantitative estimate of drug-likeness (QED) is 0.595. The fourth-order valence-electron chi connectivity index (χ4n) is 5.68. The molecule has 0 aliphatic carbocycles. The Morgan fingerprint density at radius 1 is 1.09 bits per heavy atom. The van der Waals surface area contributed by atoms with Gasteiger partial charge in [-0.05, 0) is 63.6 Å². The number of ether oxygens (including phenoxy) is 1. The van der Waals surface area contributed by atoms with Crippen LogP contribution in [0.25, 0.3) is 0 Å². The predicted octanol–water partition coefficient (Wildman–Crippen LogP) is 4.28. The Morgan fingerprint density at radius 3 is 2.58 bits per heavy atom. The number of nitrogens with one attached hydrogen (secondary N) is 2. The third-order valence-corrected chi connectivity index (χ3v) is 7.31. The van der Waals surface area contributed by atoms with Crippen molar-refractivity contribution >= 4 is 11.8 Å². The van der Waals surface area contributed by atoms with E-state index in [1.807, 2.05) is 18.2 Å². The number of benzene rings is 1. The summed E-state index contributed by atoms with van der Waals surface area (Å²) in [4.78, 5) is 24.7. The second-order valence-corrected chi connectivity index (χ2v) is 10.4. The number of carbonyl (C=O) groups is 2. The van der Waals surface area contributed by atoms with Gasteiger partial charge in [-0.25, -0.2) is 0 Å². The molecular weight excluding hydrogens is 416 g/mol. The molecule has 2 N–H and O–H groups in total.